The third-order valence-electron chi connectivity index (χ3n) is 10.0. The van der Waals surface area contributed by atoms with Crippen molar-refractivity contribution in [3.63, 3.8) is 0 Å². The third kappa shape index (κ3) is 16.0. The molecule has 0 fully saturated rings. The molecular formula is C42H72. The number of fused-ring (bicyclic) bond motifs is 1. The third-order valence-corrected chi connectivity index (χ3v) is 10.0. The summed E-state index contributed by atoms with van der Waals surface area (Å²) in [5.74, 6) is 1.70. The molecule has 0 heterocycles. The Morgan fingerprint density at radius 1 is 0.405 bits per heavy atom. The van der Waals surface area contributed by atoms with Gasteiger partial charge < -0.3 is 0 Å². The first-order valence-corrected chi connectivity index (χ1v) is 19.2. The molecule has 2 aromatic carbocycles. The van der Waals surface area contributed by atoms with Gasteiger partial charge in [0.2, 0.25) is 0 Å². The maximum Gasteiger partial charge on any atom is -0.0149 e. The maximum absolute atomic E-state index is 2.55. The Labute approximate surface area is 264 Å². The van der Waals surface area contributed by atoms with Gasteiger partial charge in [0.15, 0.2) is 0 Å². The van der Waals surface area contributed by atoms with Gasteiger partial charge in [-0.15, -0.1) is 0 Å². The molecule has 0 aliphatic carbocycles. The Kier molecular flexibility index (Phi) is 22.0. The van der Waals surface area contributed by atoms with Gasteiger partial charge in [0.05, 0.1) is 0 Å². The fraction of sp³-hybridized carbons (Fsp3) is 0.762. The van der Waals surface area contributed by atoms with Gasteiger partial charge in [-0.2, -0.15) is 0 Å². The number of benzene rings is 2. The minimum atomic E-state index is 0.846. The molecule has 240 valence electrons. The van der Waals surface area contributed by atoms with Crippen LogP contribution in [0.4, 0.5) is 0 Å². The molecule has 2 atom stereocenters. The van der Waals surface area contributed by atoms with Crippen LogP contribution in [0.1, 0.15) is 193 Å². The SMILES string of the molecule is CCCCCCCCC(CCCCCC)Cc1ccc2ccccc2c1CC(CCCCCC)CCCCCCCC. The fourth-order valence-corrected chi connectivity index (χ4v) is 7.26. The molecule has 0 saturated carbocycles. The molecule has 0 saturated heterocycles. The molecule has 0 radical (unpaired) electrons. The van der Waals surface area contributed by atoms with Crippen molar-refractivity contribution < 1.29 is 0 Å². The minimum absolute atomic E-state index is 0.846. The molecule has 2 unspecified atom stereocenters. The average molecular weight is 577 g/mol. The first kappa shape index (κ1) is 36.9. The van der Waals surface area contributed by atoms with E-state index in [1.807, 2.05) is 0 Å². The molecule has 42 heavy (non-hydrogen) atoms. The van der Waals surface area contributed by atoms with Crippen LogP contribution >= 0.6 is 0 Å². The molecule has 0 spiro atoms. The highest BCUT2D eigenvalue weighted by atomic mass is 14.2. The van der Waals surface area contributed by atoms with Crippen LogP contribution in [-0.2, 0) is 12.8 Å². The number of rotatable bonds is 28. The predicted octanol–water partition coefficient (Wildman–Crippen LogP) is 14.6. The molecular weight excluding hydrogens is 504 g/mol. The highest BCUT2D eigenvalue weighted by molar-refractivity contribution is 5.86. The maximum atomic E-state index is 2.55. The lowest BCUT2D eigenvalue weighted by molar-refractivity contribution is 0.392. The van der Waals surface area contributed by atoms with Gasteiger partial charge in [-0.05, 0) is 46.6 Å². The summed E-state index contributed by atoms with van der Waals surface area (Å²) in [7, 11) is 0. The van der Waals surface area contributed by atoms with Crippen LogP contribution in [0.3, 0.4) is 0 Å². The van der Waals surface area contributed by atoms with E-state index in [1.165, 1.54) is 172 Å². The zero-order valence-corrected chi connectivity index (χ0v) is 29.0. The van der Waals surface area contributed by atoms with Crippen molar-refractivity contribution >= 4 is 10.8 Å². The van der Waals surface area contributed by atoms with Crippen LogP contribution in [0, 0.1) is 11.8 Å². The Morgan fingerprint density at radius 2 is 0.810 bits per heavy atom. The zero-order chi connectivity index (χ0) is 30.1. The Hall–Kier alpha value is -1.30. The Balaban J connectivity index is 2.19. The molecule has 2 rings (SSSR count). The van der Waals surface area contributed by atoms with E-state index in [0.717, 1.165) is 11.8 Å². The number of hydrogen-bond donors (Lipinski definition) is 0. The molecule has 0 amide bonds. The molecule has 0 aliphatic rings. The highest BCUT2D eigenvalue weighted by Gasteiger charge is 2.18. The first-order valence-electron chi connectivity index (χ1n) is 19.2. The van der Waals surface area contributed by atoms with E-state index in [-0.39, 0.29) is 0 Å². The van der Waals surface area contributed by atoms with Crippen LogP contribution < -0.4 is 0 Å². The number of hydrogen-bond acceptors (Lipinski definition) is 0. The Bertz CT molecular complexity index is 879. The first-order chi connectivity index (χ1) is 20.7. The smallest absolute Gasteiger partial charge is 0.0149 e. The van der Waals surface area contributed by atoms with Gasteiger partial charge in [-0.25, -0.2) is 0 Å². The van der Waals surface area contributed by atoms with E-state index in [1.54, 1.807) is 16.5 Å². The summed E-state index contributed by atoms with van der Waals surface area (Å²) in [5.41, 5.74) is 3.42. The molecule has 0 aliphatic heterocycles. The van der Waals surface area contributed by atoms with Crippen LogP contribution in [0.25, 0.3) is 10.8 Å². The van der Waals surface area contributed by atoms with Crippen LogP contribution in [-0.4, -0.2) is 0 Å². The minimum Gasteiger partial charge on any atom is -0.0654 e. The number of unbranched alkanes of at least 4 members (excludes halogenated alkanes) is 16. The van der Waals surface area contributed by atoms with E-state index < -0.39 is 0 Å². The van der Waals surface area contributed by atoms with E-state index in [2.05, 4.69) is 64.1 Å². The van der Waals surface area contributed by atoms with Crippen molar-refractivity contribution in [2.45, 2.75) is 195 Å². The molecule has 0 nitrogen and oxygen atoms in total. The largest absolute Gasteiger partial charge is 0.0654 e. The molecule has 0 bridgehead atoms. The van der Waals surface area contributed by atoms with Crippen molar-refractivity contribution in [2.75, 3.05) is 0 Å². The second-order valence-corrected chi connectivity index (χ2v) is 13.9. The van der Waals surface area contributed by atoms with Crippen molar-refractivity contribution in [1.29, 1.82) is 0 Å². The second-order valence-electron chi connectivity index (χ2n) is 13.9. The summed E-state index contributed by atoms with van der Waals surface area (Å²) in [4.78, 5) is 0. The van der Waals surface area contributed by atoms with Crippen LogP contribution in [0.5, 0.6) is 0 Å². The van der Waals surface area contributed by atoms with E-state index in [9.17, 15) is 0 Å². The zero-order valence-electron chi connectivity index (χ0n) is 29.0. The van der Waals surface area contributed by atoms with E-state index in [0.29, 0.717) is 0 Å². The summed E-state index contributed by atoms with van der Waals surface area (Å²) in [5, 5.41) is 3.01. The highest BCUT2D eigenvalue weighted by Crippen LogP contribution is 2.32. The van der Waals surface area contributed by atoms with E-state index >= 15 is 0 Å². The lowest BCUT2D eigenvalue weighted by atomic mass is 9.81. The van der Waals surface area contributed by atoms with Gasteiger partial charge in [0.25, 0.3) is 0 Å². The van der Waals surface area contributed by atoms with Gasteiger partial charge in [0, 0.05) is 0 Å². The van der Waals surface area contributed by atoms with Crippen molar-refractivity contribution in [2.24, 2.45) is 11.8 Å². The summed E-state index contributed by atoms with van der Waals surface area (Å²) in [6.07, 6.45) is 36.5. The van der Waals surface area contributed by atoms with Crippen molar-refractivity contribution in [1.82, 2.24) is 0 Å². The van der Waals surface area contributed by atoms with Gasteiger partial charge in [-0.1, -0.05) is 218 Å². The quantitative estimate of drug-likeness (QED) is 0.0884. The monoisotopic (exact) mass is 577 g/mol. The summed E-state index contributed by atoms with van der Waals surface area (Å²) >= 11 is 0. The topological polar surface area (TPSA) is 0 Å². The standard InChI is InChI=1S/C42H72/c1-5-9-13-17-19-23-28-37(27-21-15-11-7-3)35-40-34-33-39-31-25-26-32-41(39)42(40)36-38(29-22-16-12-8-4)30-24-20-18-14-10-6-2/h25-26,31-34,37-38H,5-24,27-30,35-36H2,1-4H3. The van der Waals surface area contributed by atoms with Crippen LogP contribution in [0.2, 0.25) is 0 Å². The summed E-state index contributed by atoms with van der Waals surface area (Å²) in [6.45, 7) is 9.35. The average Bonchev–Trinajstić information content (AvgIpc) is 3.01. The van der Waals surface area contributed by atoms with Crippen molar-refractivity contribution in [3.8, 4) is 0 Å². The molecule has 0 aromatic heterocycles. The van der Waals surface area contributed by atoms with Gasteiger partial charge >= 0.3 is 0 Å². The predicted molar refractivity (Wildman–Crippen MR) is 192 cm³/mol. The summed E-state index contributed by atoms with van der Waals surface area (Å²) in [6, 6.07) is 14.3. The summed E-state index contributed by atoms with van der Waals surface area (Å²) < 4.78 is 0. The van der Waals surface area contributed by atoms with Gasteiger partial charge in [0.1, 0.15) is 0 Å². The van der Waals surface area contributed by atoms with Crippen molar-refractivity contribution in [3.05, 3.63) is 47.5 Å². The fourth-order valence-electron chi connectivity index (χ4n) is 7.26. The van der Waals surface area contributed by atoms with Gasteiger partial charge in [-0.3, -0.25) is 0 Å². The Morgan fingerprint density at radius 3 is 1.31 bits per heavy atom. The lowest BCUT2D eigenvalue weighted by Crippen LogP contribution is -2.12. The van der Waals surface area contributed by atoms with Crippen LogP contribution in [0.15, 0.2) is 36.4 Å². The molecule has 0 heteroatoms. The molecule has 2 aromatic rings. The molecule has 0 N–H and O–H groups in total. The van der Waals surface area contributed by atoms with E-state index in [4.69, 9.17) is 0 Å². The lowest BCUT2D eigenvalue weighted by Gasteiger charge is -2.24. The second kappa shape index (κ2) is 25.1. The normalized spacial score (nSPS) is 13.1.